The molecule has 7 nitrogen and oxygen atoms in total. The van der Waals surface area contributed by atoms with Crippen LogP contribution in [0, 0.1) is 0 Å². The number of morpholine rings is 1. The Hall–Kier alpha value is -2.85. The highest BCUT2D eigenvalue weighted by Gasteiger charge is 2.42. The van der Waals surface area contributed by atoms with Crippen molar-refractivity contribution in [1.82, 2.24) is 4.90 Å². The number of amides is 1. The molecule has 2 saturated heterocycles. The van der Waals surface area contributed by atoms with E-state index in [1.807, 2.05) is 41.3 Å². The van der Waals surface area contributed by atoms with E-state index in [0.717, 1.165) is 38.2 Å². The maximum Gasteiger partial charge on any atom is 0.490 e. The Morgan fingerprint density at radius 2 is 1.77 bits per heavy atom. The Morgan fingerprint density at radius 3 is 2.32 bits per heavy atom. The van der Waals surface area contributed by atoms with Gasteiger partial charge in [0.2, 0.25) is 0 Å². The molecule has 3 heterocycles. The van der Waals surface area contributed by atoms with Gasteiger partial charge in [-0.2, -0.15) is 13.2 Å². The molecule has 0 aliphatic carbocycles. The number of piperidine rings is 1. The number of carboxylic acid groups (broad SMARTS) is 1. The third kappa shape index (κ3) is 6.08. The van der Waals surface area contributed by atoms with Crippen molar-refractivity contribution in [3.63, 3.8) is 0 Å². The minimum Gasteiger partial charge on any atom is -0.475 e. The highest BCUT2D eigenvalue weighted by atomic mass is 19.4. The van der Waals surface area contributed by atoms with Gasteiger partial charge in [0.1, 0.15) is 6.61 Å². The van der Waals surface area contributed by atoms with E-state index in [1.54, 1.807) is 12.5 Å². The third-order valence-corrected chi connectivity index (χ3v) is 5.31. The average molecular weight is 440 g/mol. The molecule has 168 valence electrons. The van der Waals surface area contributed by atoms with Gasteiger partial charge >= 0.3 is 12.1 Å². The molecular weight excluding hydrogens is 417 g/mol. The minimum atomic E-state index is -5.08. The largest absolute Gasteiger partial charge is 0.490 e. The number of furan rings is 1. The zero-order valence-corrected chi connectivity index (χ0v) is 16.7. The van der Waals surface area contributed by atoms with Crippen LogP contribution < -0.4 is 4.90 Å². The van der Waals surface area contributed by atoms with Crippen LogP contribution in [0.25, 0.3) is 0 Å². The van der Waals surface area contributed by atoms with Crippen LogP contribution in [0.15, 0.2) is 53.3 Å². The van der Waals surface area contributed by atoms with Gasteiger partial charge in [-0.1, -0.05) is 18.2 Å². The maximum absolute atomic E-state index is 12.3. The first-order valence-electron chi connectivity index (χ1n) is 9.71. The van der Waals surface area contributed by atoms with E-state index < -0.39 is 12.1 Å². The van der Waals surface area contributed by atoms with Crippen LogP contribution >= 0.6 is 0 Å². The summed E-state index contributed by atoms with van der Waals surface area (Å²) in [4.78, 5) is 25.5. The summed E-state index contributed by atoms with van der Waals surface area (Å²) in [5, 5.41) is 7.12. The fraction of sp³-hybridized carbons (Fsp3) is 0.429. The molecule has 0 atom stereocenters. The molecule has 31 heavy (non-hydrogen) atoms. The molecule has 1 aromatic heterocycles. The molecule has 10 heteroatoms. The van der Waals surface area contributed by atoms with Crippen molar-refractivity contribution in [1.29, 1.82) is 0 Å². The second-order valence-electron chi connectivity index (χ2n) is 7.50. The maximum atomic E-state index is 12.3. The van der Waals surface area contributed by atoms with Gasteiger partial charge < -0.3 is 19.2 Å². The number of nitrogens with zero attached hydrogens (tertiary/aromatic N) is 2. The lowest BCUT2D eigenvalue weighted by Gasteiger charge is -2.47. The van der Waals surface area contributed by atoms with Gasteiger partial charge in [0.15, 0.2) is 0 Å². The Balaban J connectivity index is 0.000000339. The van der Waals surface area contributed by atoms with E-state index in [-0.39, 0.29) is 18.1 Å². The summed E-state index contributed by atoms with van der Waals surface area (Å²) in [7, 11) is 0. The number of likely N-dealkylation sites (tertiary alicyclic amines) is 1. The Bertz CT molecular complexity index is 863. The molecule has 2 aromatic rings. The smallest absolute Gasteiger partial charge is 0.475 e. The number of rotatable bonds is 3. The Morgan fingerprint density at radius 1 is 1.13 bits per heavy atom. The SMILES string of the molecule is O=C(O)C(F)(F)F.O=C1COC2(CCN(Cc3ccoc3)CC2)CN1c1ccccc1. The lowest BCUT2D eigenvalue weighted by atomic mass is 9.89. The quantitative estimate of drug-likeness (QED) is 0.789. The minimum absolute atomic E-state index is 0.0488. The van der Waals surface area contributed by atoms with E-state index >= 15 is 0 Å². The van der Waals surface area contributed by atoms with Crippen molar-refractivity contribution in [2.45, 2.75) is 31.2 Å². The van der Waals surface area contributed by atoms with Gasteiger partial charge in [-0.3, -0.25) is 9.69 Å². The summed E-state index contributed by atoms with van der Waals surface area (Å²) >= 11 is 0. The lowest BCUT2D eigenvalue weighted by molar-refractivity contribution is -0.192. The zero-order chi connectivity index (χ0) is 22.5. The van der Waals surface area contributed by atoms with E-state index in [0.29, 0.717) is 6.54 Å². The van der Waals surface area contributed by atoms with Crippen LogP contribution in [0.2, 0.25) is 0 Å². The Labute approximate surface area is 177 Å². The summed E-state index contributed by atoms with van der Waals surface area (Å²) in [6.07, 6.45) is 0.328. The number of carbonyl (C=O) groups excluding carboxylic acids is 1. The van der Waals surface area contributed by atoms with Crippen LogP contribution in [-0.4, -0.2) is 59.9 Å². The van der Waals surface area contributed by atoms with Crippen molar-refractivity contribution in [2.24, 2.45) is 0 Å². The first-order chi connectivity index (χ1) is 14.7. The van der Waals surface area contributed by atoms with Crippen molar-refractivity contribution in [3.05, 3.63) is 54.5 Å². The number of ether oxygens (including phenoxy) is 1. The second-order valence-corrected chi connectivity index (χ2v) is 7.50. The van der Waals surface area contributed by atoms with Gasteiger partial charge in [0.25, 0.3) is 5.91 Å². The fourth-order valence-electron chi connectivity index (χ4n) is 3.62. The molecule has 0 unspecified atom stereocenters. The van der Waals surface area contributed by atoms with Crippen LogP contribution in [0.3, 0.4) is 0 Å². The molecule has 0 bridgehead atoms. The van der Waals surface area contributed by atoms with Gasteiger partial charge in [0, 0.05) is 30.9 Å². The molecule has 2 aliphatic heterocycles. The summed E-state index contributed by atoms with van der Waals surface area (Å²) in [5.74, 6) is -2.71. The number of para-hydroxylation sites is 1. The number of benzene rings is 1. The molecule has 1 aromatic carbocycles. The summed E-state index contributed by atoms with van der Waals surface area (Å²) in [6.45, 7) is 3.68. The number of hydrogen-bond acceptors (Lipinski definition) is 5. The first kappa shape index (κ1) is 22.8. The average Bonchev–Trinajstić information content (AvgIpc) is 3.25. The third-order valence-electron chi connectivity index (χ3n) is 5.31. The summed E-state index contributed by atoms with van der Waals surface area (Å²) in [6, 6.07) is 11.9. The molecule has 2 fully saturated rings. The number of aliphatic carboxylic acids is 1. The van der Waals surface area contributed by atoms with Crippen molar-refractivity contribution in [3.8, 4) is 0 Å². The monoisotopic (exact) mass is 440 g/mol. The number of carboxylic acids is 1. The molecule has 1 N–H and O–H groups in total. The number of alkyl halides is 3. The van der Waals surface area contributed by atoms with Crippen molar-refractivity contribution in [2.75, 3.05) is 31.1 Å². The lowest BCUT2D eigenvalue weighted by Crippen LogP contribution is -2.58. The number of halogens is 3. The van der Waals surface area contributed by atoms with Crippen molar-refractivity contribution < 1.29 is 37.0 Å². The highest BCUT2D eigenvalue weighted by molar-refractivity contribution is 5.95. The number of anilines is 1. The van der Waals surface area contributed by atoms with Crippen LogP contribution in [0.4, 0.5) is 18.9 Å². The number of carbonyl (C=O) groups is 2. The zero-order valence-electron chi connectivity index (χ0n) is 16.7. The molecule has 4 rings (SSSR count). The van der Waals surface area contributed by atoms with E-state index in [9.17, 15) is 18.0 Å². The van der Waals surface area contributed by atoms with Crippen LogP contribution in [-0.2, 0) is 20.9 Å². The van der Waals surface area contributed by atoms with E-state index in [1.165, 1.54) is 5.56 Å². The Kier molecular flexibility index (Phi) is 7.01. The summed E-state index contributed by atoms with van der Waals surface area (Å²) in [5.41, 5.74) is 1.96. The topological polar surface area (TPSA) is 83.2 Å². The molecule has 1 spiro atoms. The molecule has 2 aliphatic rings. The standard InChI is InChI=1S/C19H22N2O3.C2HF3O2/c22-18-14-24-19(15-21(18)17-4-2-1-3-5-17)7-9-20(10-8-19)12-16-6-11-23-13-16;3-2(4,5)1(6)7/h1-6,11,13H,7-10,12,14-15H2;(H,6,7). The summed E-state index contributed by atoms with van der Waals surface area (Å²) < 4.78 is 42.9. The van der Waals surface area contributed by atoms with Gasteiger partial charge in [-0.05, 0) is 31.0 Å². The molecular formula is C21H23F3N2O5. The van der Waals surface area contributed by atoms with Gasteiger partial charge in [0.05, 0.1) is 24.7 Å². The molecule has 1 amide bonds. The number of hydrogen-bond donors (Lipinski definition) is 1. The van der Waals surface area contributed by atoms with Crippen LogP contribution in [0.1, 0.15) is 18.4 Å². The van der Waals surface area contributed by atoms with Gasteiger partial charge in [-0.25, -0.2) is 4.79 Å². The van der Waals surface area contributed by atoms with E-state index in [4.69, 9.17) is 19.1 Å². The normalized spacial score (nSPS) is 19.1. The first-order valence-corrected chi connectivity index (χ1v) is 9.71. The fourth-order valence-corrected chi connectivity index (χ4v) is 3.62. The molecule has 0 radical (unpaired) electrons. The predicted octanol–water partition coefficient (Wildman–Crippen LogP) is 3.31. The van der Waals surface area contributed by atoms with Crippen LogP contribution in [0.5, 0.6) is 0 Å². The van der Waals surface area contributed by atoms with E-state index in [2.05, 4.69) is 4.90 Å². The van der Waals surface area contributed by atoms with Crippen molar-refractivity contribution >= 4 is 17.6 Å². The second kappa shape index (κ2) is 9.52. The highest BCUT2D eigenvalue weighted by Crippen LogP contribution is 2.33. The van der Waals surface area contributed by atoms with Gasteiger partial charge in [-0.15, -0.1) is 0 Å². The molecule has 0 saturated carbocycles. The predicted molar refractivity (Wildman–Crippen MR) is 104 cm³/mol.